The van der Waals surface area contributed by atoms with Crippen LogP contribution in [-0.4, -0.2) is 25.0 Å². The molecule has 21 heavy (non-hydrogen) atoms. The van der Waals surface area contributed by atoms with E-state index in [0.717, 1.165) is 24.2 Å². The number of halogens is 1. The van der Waals surface area contributed by atoms with Gasteiger partial charge in [-0.15, -0.1) is 11.6 Å². The van der Waals surface area contributed by atoms with Crippen molar-refractivity contribution < 1.29 is 9.47 Å². The summed E-state index contributed by atoms with van der Waals surface area (Å²) < 4.78 is 11.2. The molecule has 116 valence electrons. The van der Waals surface area contributed by atoms with E-state index in [1.807, 2.05) is 19.1 Å². The van der Waals surface area contributed by atoms with E-state index in [1.165, 1.54) is 5.56 Å². The van der Waals surface area contributed by atoms with Crippen LogP contribution in [0, 0.1) is 5.41 Å². The third kappa shape index (κ3) is 3.52. The molecule has 0 aliphatic carbocycles. The topological polar surface area (TPSA) is 42.3 Å². The Balaban J connectivity index is 2.30. The van der Waals surface area contributed by atoms with Gasteiger partial charge in [-0.3, -0.25) is 5.41 Å². The number of nitrogens with one attached hydrogen (secondary N) is 1. The number of ether oxygens (including phenoxy) is 2. The molecule has 1 unspecified atom stereocenters. The Morgan fingerprint density at radius 2 is 2.24 bits per heavy atom. The molecule has 1 aliphatic heterocycles. The molecule has 3 nitrogen and oxygen atoms in total. The van der Waals surface area contributed by atoms with Crippen LogP contribution >= 0.6 is 11.6 Å². The monoisotopic (exact) mass is 309 g/mol. The van der Waals surface area contributed by atoms with Gasteiger partial charge in [-0.25, -0.2) is 0 Å². The molecule has 0 radical (unpaired) electrons. The van der Waals surface area contributed by atoms with Gasteiger partial charge in [0.1, 0.15) is 5.75 Å². The van der Waals surface area contributed by atoms with Crippen LogP contribution in [0.2, 0.25) is 0 Å². The van der Waals surface area contributed by atoms with Crippen molar-refractivity contribution in [3.05, 3.63) is 29.3 Å². The molecule has 1 aromatic rings. The fourth-order valence-electron chi connectivity index (χ4n) is 2.74. The standard InChI is InChI=1S/C17H24ClNO2/c1-4-20-16(19)13(6-5-9-18)12-7-8-15-14(10-12)17(2,3)11-21-15/h7-8,10,13,19H,4-6,9,11H2,1-3H3. The Hall–Kier alpha value is -1.22. The molecule has 1 aliphatic rings. The lowest BCUT2D eigenvalue weighted by molar-refractivity contribution is 0.291. The second kappa shape index (κ2) is 6.69. The van der Waals surface area contributed by atoms with Crippen molar-refractivity contribution in [3.63, 3.8) is 0 Å². The van der Waals surface area contributed by atoms with Crippen LogP contribution in [0.5, 0.6) is 5.75 Å². The molecule has 1 N–H and O–H groups in total. The summed E-state index contributed by atoms with van der Waals surface area (Å²) >= 11 is 5.82. The summed E-state index contributed by atoms with van der Waals surface area (Å²) in [4.78, 5) is 0. The SMILES string of the molecule is CCOC(=N)C(CCCCl)c1ccc2c(c1)C(C)(C)CO2. The smallest absolute Gasteiger partial charge is 0.188 e. The predicted molar refractivity (Wildman–Crippen MR) is 87.0 cm³/mol. The first-order chi connectivity index (χ1) is 9.99. The molecule has 0 fully saturated rings. The summed E-state index contributed by atoms with van der Waals surface area (Å²) in [7, 11) is 0. The average molecular weight is 310 g/mol. The van der Waals surface area contributed by atoms with E-state index >= 15 is 0 Å². The molecule has 0 spiro atoms. The molecule has 2 rings (SSSR count). The number of hydrogen-bond donors (Lipinski definition) is 1. The number of rotatable bonds is 6. The minimum atomic E-state index is -0.0228. The Bertz CT molecular complexity index is 514. The van der Waals surface area contributed by atoms with Crippen LogP contribution < -0.4 is 4.74 Å². The van der Waals surface area contributed by atoms with E-state index in [1.54, 1.807) is 0 Å². The van der Waals surface area contributed by atoms with Crippen molar-refractivity contribution in [3.8, 4) is 5.75 Å². The summed E-state index contributed by atoms with van der Waals surface area (Å²) in [6.45, 7) is 7.51. The lowest BCUT2D eigenvalue weighted by atomic mass is 9.83. The number of benzene rings is 1. The highest BCUT2D eigenvalue weighted by Gasteiger charge is 2.32. The van der Waals surface area contributed by atoms with Crippen LogP contribution in [0.3, 0.4) is 0 Å². The number of fused-ring (bicyclic) bond motifs is 1. The fourth-order valence-corrected chi connectivity index (χ4v) is 2.90. The molecule has 1 atom stereocenters. The molecular weight excluding hydrogens is 286 g/mol. The average Bonchev–Trinajstić information content (AvgIpc) is 2.75. The highest BCUT2D eigenvalue weighted by Crippen LogP contribution is 2.40. The van der Waals surface area contributed by atoms with E-state index in [9.17, 15) is 0 Å². The van der Waals surface area contributed by atoms with Gasteiger partial charge in [-0.05, 0) is 31.4 Å². The molecule has 4 heteroatoms. The summed E-state index contributed by atoms with van der Waals surface area (Å²) in [6, 6.07) is 6.24. The maximum Gasteiger partial charge on any atom is 0.188 e. The lowest BCUT2D eigenvalue weighted by Crippen LogP contribution is -2.19. The van der Waals surface area contributed by atoms with Crippen molar-refractivity contribution >= 4 is 17.5 Å². The van der Waals surface area contributed by atoms with Gasteiger partial charge in [-0.2, -0.15) is 0 Å². The van der Waals surface area contributed by atoms with Gasteiger partial charge in [0, 0.05) is 16.9 Å². The van der Waals surface area contributed by atoms with Gasteiger partial charge in [0.25, 0.3) is 0 Å². The van der Waals surface area contributed by atoms with Gasteiger partial charge in [0.2, 0.25) is 0 Å². The molecule has 1 heterocycles. The van der Waals surface area contributed by atoms with Crippen molar-refractivity contribution in [2.24, 2.45) is 0 Å². The van der Waals surface area contributed by atoms with Gasteiger partial charge in [-0.1, -0.05) is 26.0 Å². The second-order valence-corrected chi connectivity index (χ2v) is 6.49. The van der Waals surface area contributed by atoms with Crippen LogP contribution in [0.25, 0.3) is 0 Å². The summed E-state index contributed by atoms with van der Waals surface area (Å²) in [5.41, 5.74) is 2.37. The third-order valence-electron chi connectivity index (χ3n) is 3.97. The van der Waals surface area contributed by atoms with E-state index in [0.29, 0.717) is 25.0 Å². The maximum absolute atomic E-state index is 8.16. The minimum Gasteiger partial charge on any atom is -0.492 e. The normalized spacial score (nSPS) is 17.0. The summed E-state index contributed by atoms with van der Waals surface area (Å²) in [5, 5.41) is 8.16. The quantitative estimate of drug-likeness (QED) is 0.478. The van der Waals surface area contributed by atoms with E-state index in [-0.39, 0.29) is 11.3 Å². The van der Waals surface area contributed by atoms with E-state index in [4.69, 9.17) is 26.5 Å². The second-order valence-electron chi connectivity index (χ2n) is 6.11. The van der Waals surface area contributed by atoms with Crippen LogP contribution in [0.4, 0.5) is 0 Å². The first kappa shape index (κ1) is 16.2. The third-order valence-corrected chi connectivity index (χ3v) is 4.23. The first-order valence-electron chi connectivity index (χ1n) is 7.54. The predicted octanol–water partition coefficient (Wildman–Crippen LogP) is 4.47. The lowest BCUT2D eigenvalue weighted by Gasteiger charge is -2.21. The Labute approximate surface area is 132 Å². The Morgan fingerprint density at radius 3 is 2.90 bits per heavy atom. The van der Waals surface area contributed by atoms with Gasteiger partial charge in [0.15, 0.2) is 5.90 Å². The zero-order valence-corrected chi connectivity index (χ0v) is 13.8. The van der Waals surface area contributed by atoms with E-state index < -0.39 is 0 Å². The van der Waals surface area contributed by atoms with Crippen molar-refractivity contribution in [2.45, 2.75) is 44.9 Å². The van der Waals surface area contributed by atoms with Crippen molar-refractivity contribution in [2.75, 3.05) is 19.1 Å². The maximum atomic E-state index is 8.16. The summed E-state index contributed by atoms with van der Waals surface area (Å²) in [6.07, 6.45) is 1.71. The van der Waals surface area contributed by atoms with Gasteiger partial charge < -0.3 is 9.47 Å². The van der Waals surface area contributed by atoms with Crippen LogP contribution in [0.15, 0.2) is 18.2 Å². The zero-order chi connectivity index (χ0) is 15.5. The molecule has 0 bridgehead atoms. The van der Waals surface area contributed by atoms with Gasteiger partial charge in [0.05, 0.1) is 19.1 Å². The number of hydrogen-bond acceptors (Lipinski definition) is 3. The highest BCUT2D eigenvalue weighted by atomic mass is 35.5. The summed E-state index contributed by atoms with van der Waals surface area (Å²) in [5.74, 6) is 1.88. The first-order valence-corrected chi connectivity index (χ1v) is 8.07. The number of alkyl halides is 1. The molecular formula is C17H24ClNO2. The molecule has 1 aromatic carbocycles. The van der Waals surface area contributed by atoms with Crippen LogP contribution in [0.1, 0.15) is 50.7 Å². The molecule has 0 aromatic heterocycles. The molecule has 0 saturated heterocycles. The van der Waals surface area contributed by atoms with Gasteiger partial charge >= 0.3 is 0 Å². The zero-order valence-electron chi connectivity index (χ0n) is 13.0. The highest BCUT2D eigenvalue weighted by molar-refractivity contribution is 6.17. The Kier molecular flexibility index (Phi) is 5.15. The van der Waals surface area contributed by atoms with E-state index in [2.05, 4.69) is 19.9 Å². The fraction of sp³-hybridized carbons (Fsp3) is 0.588. The van der Waals surface area contributed by atoms with Crippen molar-refractivity contribution in [1.82, 2.24) is 0 Å². The minimum absolute atomic E-state index is 0.0228. The van der Waals surface area contributed by atoms with Crippen molar-refractivity contribution in [1.29, 1.82) is 5.41 Å². The Morgan fingerprint density at radius 1 is 1.48 bits per heavy atom. The molecule has 0 amide bonds. The molecule has 0 saturated carbocycles. The van der Waals surface area contributed by atoms with Crippen LogP contribution in [-0.2, 0) is 10.2 Å². The largest absolute Gasteiger partial charge is 0.492 e.